The first-order valence-corrected chi connectivity index (χ1v) is 12.6. The number of nitrogens with one attached hydrogen (secondary N) is 3. The van der Waals surface area contributed by atoms with Gasteiger partial charge in [-0.3, -0.25) is 9.78 Å². The number of nitrogens with zero attached hydrogens (tertiary/aromatic N) is 2. The van der Waals surface area contributed by atoms with Gasteiger partial charge in [-0.1, -0.05) is 6.07 Å². The summed E-state index contributed by atoms with van der Waals surface area (Å²) in [5, 5.41) is 6.40. The van der Waals surface area contributed by atoms with Crippen molar-refractivity contribution in [2.75, 3.05) is 45.2 Å². The Labute approximate surface area is 209 Å². The number of fused-ring (bicyclic) bond motifs is 4. The van der Waals surface area contributed by atoms with Crippen LogP contribution in [0.3, 0.4) is 0 Å². The van der Waals surface area contributed by atoms with Crippen molar-refractivity contribution < 1.29 is 18.7 Å². The Morgan fingerprint density at radius 3 is 3.00 bits per heavy atom. The van der Waals surface area contributed by atoms with Gasteiger partial charge >= 0.3 is 0 Å². The summed E-state index contributed by atoms with van der Waals surface area (Å²) in [7, 11) is 1.43. The highest BCUT2D eigenvalue weighted by molar-refractivity contribution is 6.07. The maximum Gasteiger partial charge on any atom is 0.255 e. The number of rotatable bonds is 3. The zero-order valence-corrected chi connectivity index (χ0v) is 20.3. The molecule has 3 aromatic rings. The lowest BCUT2D eigenvalue weighted by Crippen LogP contribution is -2.47. The molecule has 1 fully saturated rings. The zero-order valence-electron chi connectivity index (χ0n) is 20.3. The number of pyridine rings is 1. The highest BCUT2D eigenvalue weighted by Gasteiger charge is 2.34. The predicted octanol–water partition coefficient (Wildman–Crippen LogP) is 4.29. The van der Waals surface area contributed by atoms with Gasteiger partial charge in [0.25, 0.3) is 5.91 Å². The minimum Gasteiger partial charge on any atom is -0.492 e. The molecule has 7 rings (SSSR count). The average molecular weight is 492 g/mol. The van der Waals surface area contributed by atoms with Crippen molar-refractivity contribution in [3.8, 4) is 22.8 Å². The van der Waals surface area contributed by atoms with Gasteiger partial charge < -0.3 is 30.0 Å². The molecule has 188 valence electrons. The van der Waals surface area contributed by atoms with Crippen LogP contribution in [0.5, 0.6) is 11.5 Å². The first kappa shape index (κ1) is 22.8. The van der Waals surface area contributed by atoms with E-state index in [1.807, 2.05) is 6.07 Å². The van der Waals surface area contributed by atoms with Crippen LogP contribution in [0.4, 0.5) is 15.8 Å². The van der Waals surface area contributed by atoms with Crippen molar-refractivity contribution in [2.45, 2.75) is 25.2 Å². The number of ether oxygens (including phenoxy) is 2. The van der Waals surface area contributed by atoms with E-state index in [-0.39, 0.29) is 17.6 Å². The summed E-state index contributed by atoms with van der Waals surface area (Å²) in [4.78, 5) is 23.6. The molecule has 36 heavy (non-hydrogen) atoms. The third-order valence-electron chi connectivity index (χ3n) is 7.50. The van der Waals surface area contributed by atoms with Crippen LogP contribution in [0.1, 0.15) is 41.2 Å². The molecule has 6 heterocycles. The Hall–Kier alpha value is -3.59. The average Bonchev–Trinajstić information content (AvgIpc) is 3.23. The number of amides is 1. The summed E-state index contributed by atoms with van der Waals surface area (Å²) in [6.45, 7) is 4.47. The van der Waals surface area contributed by atoms with Crippen LogP contribution in [-0.2, 0) is 0 Å². The molecule has 0 radical (unpaired) electrons. The molecule has 4 aliphatic rings. The lowest BCUT2D eigenvalue weighted by atomic mass is 9.91. The highest BCUT2D eigenvalue weighted by Crippen LogP contribution is 2.44. The minimum atomic E-state index is -0.480. The van der Waals surface area contributed by atoms with Crippen molar-refractivity contribution in [1.29, 1.82) is 0 Å². The Bertz CT molecular complexity index is 1290. The van der Waals surface area contributed by atoms with E-state index in [1.54, 1.807) is 24.5 Å². The normalized spacial score (nSPS) is 23.2. The third-order valence-corrected chi connectivity index (χ3v) is 7.50. The van der Waals surface area contributed by atoms with Gasteiger partial charge in [0.05, 0.1) is 42.5 Å². The first-order chi connectivity index (χ1) is 17.6. The second kappa shape index (κ2) is 9.46. The van der Waals surface area contributed by atoms with Gasteiger partial charge in [0, 0.05) is 43.0 Å². The van der Waals surface area contributed by atoms with Crippen LogP contribution in [0.15, 0.2) is 36.7 Å². The summed E-state index contributed by atoms with van der Waals surface area (Å²) in [5.74, 6) is 0.900. The van der Waals surface area contributed by atoms with Crippen LogP contribution in [0, 0.1) is 11.7 Å². The van der Waals surface area contributed by atoms with Crippen molar-refractivity contribution in [1.82, 2.24) is 20.2 Å². The van der Waals surface area contributed by atoms with Gasteiger partial charge in [-0.2, -0.15) is 0 Å². The van der Waals surface area contributed by atoms with E-state index < -0.39 is 5.82 Å². The van der Waals surface area contributed by atoms with Crippen molar-refractivity contribution in [2.24, 2.45) is 5.92 Å². The zero-order chi connectivity index (χ0) is 24.6. The predicted molar refractivity (Wildman–Crippen MR) is 135 cm³/mol. The molecule has 8 nitrogen and oxygen atoms in total. The van der Waals surface area contributed by atoms with Crippen LogP contribution in [0.2, 0.25) is 0 Å². The van der Waals surface area contributed by atoms with E-state index in [2.05, 4.69) is 25.5 Å². The second-order valence-electron chi connectivity index (χ2n) is 9.79. The number of carbonyl (C=O) groups is 1. The fraction of sp³-hybridized carbons (Fsp3) is 0.407. The van der Waals surface area contributed by atoms with Crippen LogP contribution < -0.4 is 20.1 Å². The van der Waals surface area contributed by atoms with Crippen LogP contribution in [-0.4, -0.2) is 60.7 Å². The molecule has 4 bridgehead atoms. The van der Waals surface area contributed by atoms with Crippen LogP contribution in [0.25, 0.3) is 11.3 Å². The van der Waals surface area contributed by atoms with Crippen molar-refractivity contribution >= 4 is 17.3 Å². The molecule has 2 aromatic heterocycles. The molecule has 3 N–H and O–H groups in total. The van der Waals surface area contributed by atoms with E-state index in [0.29, 0.717) is 47.5 Å². The minimum absolute atomic E-state index is 0.0905. The van der Waals surface area contributed by atoms with Gasteiger partial charge in [0.15, 0.2) is 11.6 Å². The maximum absolute atomic E-state index is 14.5. The van der Waals surface area contributed by atoms with E-state index in [0.717, 1.165) is 50.2 Å². The smallest absolute Gasteiger partial charge is 0.255 e. The Balaban J connectivity index is 1.49. The molecular weight excluding hydrogens is 461 g/mol. The molecular formula is C27H30FN5O3. The standard InChI is InChI=1S/C27H30FN5O3/c1-35-26-19(28)5-2-6-20(26)31-25-22-23-17(12-30-27(22)34)4-3-10-33-14-16(15-33)8-11-36-21-13-29-9-7-18(21)24(25)32-23/h2,5-7,9,13,16-17,31-32H,3-4,8,10-12,14-15H2,1H3,(H,30,34). The number of benzene rings is 1. The molecule has 1 atom stereocenters. The molecule has 1 unspecified atom stereocenters. The maximum atomic E-state index is 14.5. The molecule has 4 aliphatic heterocycles. The number of H-pyrrole nitrogens is 1. The number of halogens is 1. The van der Waals surface area contributed by atoms with Gasteiger partial charge in [0.1, 0.15) is 5.75 Å². The summed E-state index contributed by atoms with van der Waals surface area (Å²) in [6.07, 6.45) is 6.42. The van der Waals surface area contributed by atoms with Crippen molar-refractivity contribution in [3.05, 3.63) is 53.7 Å². The lowest BCUT2D eigenvalue weighted by Gasteiger charge is -2.39. The molecule has 1 amide bonds. The SMILES string of the molecule is COc1c(F)cccc1Nc1c2[nH]c3c1C(=O)NCC3CCCN1CC(CCOc3cnccc3-2)C1. The third kappa shape index (κ3) is 4.07. The van der Waals surface area contributed by atoms with Gasteiger partial charge in [0.2, 0.25) is 0 Å². The number of aromatic nitrogens is 2. The van der Waals surface area contributed by atoms with Gasteiger partial charge in [-0.15, -0.1) is 0 Å². The van der Waals surface area contributed by atoms with E-state index >= 15 is 0 Å². The monoisotopic (exact) mass is 491 g/mol. The van der Waals surface area contributed by atoms with Crippen molar-refractivity contribution in [3.63, 3.8) is 0 Å². The number of carbonyl (C=O) groups excluding carboxylic acids is 1. The Morgan fingerprint density at radius 1 is 1.25 bits per heavy atom. The summed E-state index contributed by atoms with van der Waals surface area (Å²) >= 11 is 0. The topological polar surface area (TPSA) is 91.5 Å². The fourth-order valence-electron chi connectivity index (χ4n) is 5.63. The number of hydrogen-bond acceptors (Lipinski definition) is 6. The summed E-state index contributed by atoms with van der Waals surface area (Å²) in [6, 6.07) is 6.58. The molecule has 1 aromatic carbocycles. The molecule has 0 saturated carbocycles. The van der Waals surface area contributed by atoms with E-state index in [9.17, 15) is 9.18 Å². The molecule has 0 aliphatic carbocycles. The van der Waals surface area contributed by atoms with Crippen LogP contribution >= 0.6 is 0 Å². The fourth-order valence-corrected chi connectivity index (χ4v) is 5.63. The number of methoxy groups -OCH3 is 1. The number of hydrogen-bond donors (Lipinski definition) is 3. The number of aromatic amines is 1. The highest BCUT2D eigenvalue weighted by atomic mass is 19.1. The largest absolute Gasteiger partial charge is 0.492 e. The van der Waals surface area contributed by atoms with Gasteiger partial charge in [-0.25, -0.2) is 4.39 Å². The summed E-state index contributed by atoms with van der Waals surface area (Å²) < 4.78 is 26.1. The van der Waals surface area contributed by atoms with E-state index in [1.165, 1.54) is 13.2 Å². The number of para-hydroxylation sites is 1. The Kier molecular flexibility index (Phi) is 6.00. The summed E-state index contributed by atoms with van der Waals surface area (Å²) in [5.41, 5.74) is 3.97. The van der Waals surface area contributed by atoms with Gasteiger partial charge in [-0.05, 0) is 49.9 Å². The lowest BCUT2D eigenvalue weighted by molar-refractivity contribution is 0.0798. The van der Waals surface area contributed by atoms with E-state index in [4.69, 9.17) is 9.47 Å². The number of anilines is 2. The Morgan fingerprint density at radius 2 is 2.14 bits per heavy atom. The molecule has 1 saturated heterocycles. The first-order valence-electron chi connectivity index (χ1n) is 12.6. The second-order valence-corrected chi connectivity index (χ2v) is 9.79. The quantitative estimate of drug-likeness (QED) is 0.506. The molecule has 9 heteroatoms. The molecule has 0 spiro atoms.